The molecular formula is C14H15Br2NOS. The Morgan fingerprint density at radius 1 is 1.32 bits per heavy atom. The van der Waals surface area contributed by atoms with Gasteiger partial charge in [-0.25, -0.2) is 0 Å². The maximum absolute atomic E-state index is 5.27. The fourth-order valence-corrected chi connectivity index (χ4v) is 3.70. The summed E-state index contributed by atoms with van der Waals surface area (Å²) in [6.07, 6.45) is 0. The highest BCUT2D eigenvalue weighted by atomic mass is 79.9. The molecule has 0 aliphatic heterocycles. The van der Waals surface area contributed by atoms with Gasteiger partial charge in [-0.1, -0.05) is 38.8 Å². The van der Waals surface area contributed by atoms with E-state index in [2.05, 4.69) is 62.3 Å². The summed E-state index contributed by atoms with van der Waals surface area (Å²) >= 11 is 8.88. The molecule has 1 unspecified atom stereocenters. The summed E-state index contributed by atoms with van der Waals surface area (Å²) in [7, 11) is 1.70. The summed E-state index contributed by atoms with van der Waals surface area (Å²) < 4.78 is 7.46. The number of hydrogen-bond acceptors (Lipinski definition) is 3. The highest BCUT2D eigenvalue weighted by Gasteiger charge is 2.18. The smallest absolute Gasteiger partial charge is 0.129 e. The molecule has 1 aromatic heterocycles. The lowest BCUT2D eigenvalue weighted by molar-refractivity contribution is 0.416. The first kappa shape index (κ1) is 15.0. The number of halogens is 2. The van der Waals surface area contributed by atoms with Crippen LogP contribution in [0.4, 0.5) is 0 Å². The van der Waals surface area contributed by atoms with Gasteiger partial charge >= 0.3 is 0 Å². The van der Waals surface area contributed by atoms with Gasteiger partial charge in [-0.2, -0.15) is 0 Å². The Morgan fingerprint density at radius 3 is 2.74 bits per heavy atom. The molecule has 2 aromatic rings. The van der Waals surface area contributed by atoms with Crippen molar-refractivity contribution >= 4 is 43.2 Å². The van der Waals surface area contributed by atoms with Crippen molar-refractivity contribution in [2.24, 2.45) is 0 Å². The predicted molar refractivity (Wildman–Crippen MR) is 88.2 cm³/mol. The molecule has 0 saturated carbocycles. The summed E-state index contributed by atoms with van der Waals surface area (Å²) in [6.45, 7) is 3.02. The number of ether oxygens (including phenoxy) is 1. The molecule has 0 aliphatic carbocycles. The van der Waals surface area contributed by atoms with E-state index in [1.165, 1.54) is 10.4 Å². The van der Waals surface area contributed by atoms with E-state index in [-0.39, 0.29) is 6.04 Å². The Hall–Kier alpha value is -0.360. The minimum atomic E-state index is 0.172. The summed E-state index contributed by atoms with van der Waals surface area (Å²) in [4.78, 5) is 1.25. The van der Waals surface area contributed by atoms with E-state index < -0.39 is 0 Å². The van der Waals surface area contributed by atoms with Crippen LogP contribution < -0.4 is 10.1 Å². The molecular weight excluding hydrogens is 390 g/mol. The molecule has 0 bridgehead atoms. The first-order valence-electron chi connectivity index (χ1n) is 5.96. The quantitative estimate of drug-likeness (QED) is 0.758. The van der Waals surface area contributed by atoms with Crippen molar-refractivity contribution in [3.63, 3.8) is 0 Å². The summed E-state index contributed by atoms with van der Waals surface area (Å²) in [6, 6.07) is 8.50. The van der Waals surface area contributed by atoms with Crippen LogP contribution in [0.2, 0.25) is 0 Å². The van der Waals surface area contributed by atoms with Crippen LogP contribution in [0.25, 0.3) is 0 Å². The second kappa shape index (κ2) is 6.88. The summed E-state index contributed by atoms with van der Waals surface area (Å²) in [5, 5.41) is 5.56. The zero-order valence-electron chi connectivity index (χ0n) is 10.7. The monoisotopic (exact) mass is 403 g/mol. The molecule has 1 heterocycles. The third kappa shape index (κ3) is 3.60. The molecule has 19 heavy (non-hydrogen) atoms. The van der Waals surface area contributed by atoms with Crippen LogP contribution in [0.15, 0.2) is 38.6 Å². The Bertz CT molecular complexity index is 556. The molecule has 0 aliphatic rings. The lowest BCUT2D eigenvalue weighted by Gasteiger charge is -2.18. The maximum Gasteiger partial charge on any atom is 0.129 e. The Labute approximate surface area is 134 Å². The lowest BCUT2D eigenvalue weighted by Crippen LogP contribution is -2.21. The van der Waals surface area contributed by atoms with E-state index in [1.54, 1.807) is 18.4 Å². The number of rotatable bonds is 5. The van der Waals surface area contributed by atoms with Crippen molar-refractivity contribution in [1.29, 1.82) is 0 Å². The van der Waals surface area contributed by atoms with E-state index in [0.717, 1.165) is 21.2 Å². The van der Waals surface area contributed by atoms with Crippen LogP contribution in [0.5, 0.6) is 5.75 Å². The number of thiophene rings is 1. The van der Waals surface area contributed by atoms with Gasteiger partial charge in [0.15, 0.2) is 0 Å². The minimum Gasteiger partial charge on any atom is -0.496 e. The summed E-state index contributed by atoms with van der Waals surface area (Å²) in [5.74, 6) is 0.911. The Balaban J connectivity index is 2.41. The maximum atomic E-state index is 5.27. The topological polar surface area (TPSA) is 21.3 Å². The van der Waals surface area contributed by atoms with Crippen LogP contribution in [0, 0.1) is 0 Å². The van der Waals surface area contributed by atoms with Crippen LogP contribution in [0.3, 0.4) is 0 Å². The molecule has 0 fully saturated rings. The van der Waals surface area contributed by atoms with E-state index >= 15 is 0 Å². The van der Waals surface area contributed by atoms with Gasteiger partial charge < -0.3 is 10.1 Å². The molecule has 0 spiro atoms. The minimum absolute atomic E-state index is 0.172. The van der Waals surface area contributed by atoms with Crippen LogP contribution in [-0.4, -0.2) is 13.7 Å². The Kier molecular flexibility index (Phi) is 5.45. The van der Waals surface area contributed by atoms with Crippen LogP contribution >= 0.6 is 43.2 Å². The van der Waals surface area contributed by atoms with Gasteiger partial charge in [-0.3, -0.25) is 0 Å². The first-order valence-corrected chi connectivity index (χ1v) is 8.43. The largest absolute Gasteiger partial charge is 0.496 e. The molecule has 102 valence electrons. The van der Waals surface area contributed by atoms with E-state index in [1.807, 2.05) is 11.4 Å². The highest BCUT2D eigenvalue weighted by Crippen LogP contribution is 2.35. The standard InChI is InChI=1S/C14H15Br2NOS/c1-3-17-14(13-7-10(18-2)8-19-13)11-6-9(15)4-5-12(11)16/h4-8,14,17H,3H2,1-2H3. The van der Waals surface area contributed by atoms with Crippen molar-refractivity contribution in [2.45, 2.75) is 13.0 Å². The molecule has 2 rings (SSSR count). The van der Waals surface area contributed by atoms with Gasteiger partial charge in [0, 0.05) is 19.2 Å². The van der Waals surface area contributed by atoms with E-state index in [0.29, 0.717) is 0 Å². The fraction of sp³-hybridized carbons (Fsp3) is 0.286. The lowest BCUT2D eigenvalue weighted by atomic mass is 10.1. The third-order valence-electron chi connectivity index (χ3n) is 2.79. The zero-order valence-corrected chi connectivity index (χ0v) is 14.7. The van der Waals surface area contributed by atoms with Gasteiger partial charge in [0.05, 0.1) is 13.2 Å². The average Bonchev–Trinajstić information content (AvgIpc) is 2.88. The predicted octanol–water partition coefficient (Wildman–Crippen LogP) is 4.98. The van der Waals surface area contributed by atoms with Crippen molar-refractivity contribution in [3.8, 4) is 5.75 Å². The van der Waals surface area contributed by atoms with Crippen molar-refractivity contribution in [2.75, 3.05) is 13.7 Å². The second-order valence-electron chi connectivity index (χ2n) is 4.05. The van der Waals surface area contributed by atoms with Gasteiger partial charge in [0.25, 0.3) is 0 Å². The molecule has 1 N–H and O–H groups in total. The van der Waals surface area contributed by atoms with Gasteiger partial charge in [0.2, 0.25) is 0 Å². The van der Waals surface area contributed by atoms with Crippen molar-refractivity contribution in [3.05, 3.63) is 49.0 Å². The van der Waals surface area contributed by atoms with Gasteiger partial charge in [-0.15, -0.1) is 11.3 Å². The summed E-state index contributed by atoms with van der Waals surface area (Å²) in [5.41, 5.74) is 1.22. The van der Waals surface area contributed by atoms with Gasteiger partial charge in [0.1, 0.15) is 5.75 Å². The number of benzene rings is 1. The normalized spacial score (nSPS) is 12.4. The molecule has 2 nitrogen and oxygen atoms in total. The highest BCUT2D eigenvalue weighted by molar-refractivity contribution is 9.11. The van der Waals surface area contributed by atoms with Gasteiger partial charge in [-0.05, 0) is 36.4 Å². The fourth-order valence-electron chi connectivity index (χ4n) is 1.90. The molecule has 0 amide bonds. The second-order valence-corrected chi connectivity index (χ2v) is 6.76. The average molecular weight is 405 g/mol. The van der Waals surface area contributed by atoms with E-state index in [4.69, 9.17) is 4.74 Å². The number of nitrogens with one attached hydrogen (secondary N) is 1. The number of hydrogen-bond donors (Lipinski definition) is 1. The third-order valence-corrected chi connectivity index (χ3v) is 4.98. The SMILES string of the molecule is CCNC(c1cc(OC)cs1)c1cc(Br)ccc1Br. The molecule has 5 heteroatoms. The zero-order chi connectivity index (χ0) is 13.8. The molecule has 1 aromatic carbocycles. The van der Waals surface area contributed by atoms with Crippen molar-refractivity contribution < 1.29 is 4.74 Å². The molecule has 1 atom stereocenters. The van der Waals surface area contributed by atoms with E-state index in [9.17, 15) is 0 Å². The van der Waals surface area contributed by atoms with Crippen molar-refractivity contribution in [1.82, 2.24) is 5.32 Å². The molecule has 0 saturated heterocycles. The molecule has 0 radical (unpaired) electrons. The van der Waals surface area contributed by atoms with Crippen LogP contribution in [0.1, 0.15) is 23.4 Å². The van der Waals surface area contributed by atoms with Crippen LogP contribution in [-0.2, 0) is 0 Å². The first-order chi connectivity index (χ1) is 9.15. The Morgan fingerprint density at radius 2 is 2.11 bits per heavy atom. The number of methoxy groups -OCH3 is 1.